The van der Waals surface area contributed by atoms with Crippen LogP contribution in [0.1, 0.15) is 77.2 Å². The van der Waals surface area contributed by atoms with Crippen molar-refractivity contribution in [3.8, 4) is 0 Å². The van der Waals surface area contributed by atoms with Crippen molar-refractivity contribution in [2.75, 3.05) is 0 Å². The van der Waals surface area contributed by atoms with Gasteiger partial charge in [-0.1, -0.05) is 13.8 Å². The molecule has 0 unspecified atom stereocenters. The standard InChI is InChI=1S/C26H36O8/c1-14(27)34-16-10-20(29)24(3)17-6-8-23(2)22(15-4-5-21(30)33-13-15)19(28)12-26(23,32)18(17)7-9-25(24,31)11-16/h4-5,13,16-20,22,28-29,31-32H,6-12H2,1-3H3/t16-,17-,18+,19-,20+,22-,23+,24-,25-,26-/m0/s1. The minimum Gasteiger partial charge on any atom is -0.462 e. The number of fused-ring (bicyclic) bond motifs is 5. The number of carbonyl (C=O) groups excluding carboxylic acids is 1. The van der Waals surface area contributed by atoms with Crippen molar-refractivity contribution >= 4 is 5.97 Å². The second-order valence-corrected chi connectivity index (χ2v) is 11.8. The zero-order valence-corrected chi connectivity index (χ0v) is 20.1. The Bertz CT molecular complexity index is 1020. The zero-order valence-electron chi connectivity index (χ0n) is 20.1. The summed E-state index contributed by atoms with van der Waals surface area (Å²) in [6.45, 7) is 5.25. The van der Waals surface area contributed by atoms with Gasteiger partial charge in [-0.3, -0.25) is 4.79 Å². The molecule has 188 valence electrons. The first-order valence-corrected chi connectivity index (χ1v) is 12.4. The Balaban J connectivity index is 1.50. The Morgan fingerprint density at radius 3 is 2.44 bits per heavy atom. The topological polar surface area (TPSA) is 137 Å². The molecule has 1 aromatic rings. The lowest BCUT2D eigenvalue weighted by Gasteiger charge is -2.67. The van der Waals surface area contributed by atoms with Gasteiger partial charge in [0.2, 0.25) is 0 Å². The van der Waals surface area contributed by atoms with Crippen molar-refractivity contribution < 1.29 is 34.4 Å². The smallest absolute Gasteiger partial charge is 0.335 e. The van der Waals surface area contributed by atoms with Crippen molar-refractivity contribution in [2.24, 2.45) is 22.7 Å². The van der Waals surface area contributed by atoms with E-state index in [-0.39, 0.29) is 37.0 Å². The number of hydrogen-bond acceptors (Lipinski definition) is 8. The Hall–Kier alpha value is -1.74. The SMILES string of the molecule is CC(=O)O[C@H]1C[C@@H](O)[C@]2(C)[C@H]3CC[C@]4(C)[C@@H](c5ccc(=O)oc5)[C@@H](O)C[C@]4(O)[C@@H]3CC[C@]2(O)C1. The highest BCUT2D eigenvalue weighted by molar-refractivity contribution is 5.66. The second-order valence-electron chi connectivity index (χ2n) is 11.8. The normalized spacial score (nSPS) is 50.1. The van der Waals surface area contributed by atoms with Crippen LogP contribution in [-0.2, 0) is 9.53 Å². The highest BCUT2D eigenvalue weighted by atomic mass is 16.5. The fraction of sp³-hybridized carbons (Fsp3) is 0.769. The number of aliphatic hydroxyl groups excluding tert-OH is 2. The van der Waals surface area contributed by atoms with Crippen LogP contribution in [-0.4, -0.2) is 55.9 Å². The van der Waals surface area contributed by atoms with Crippen LogP contribution in [0.4, 0.5) is 0 Å². The van der Waals surface area contributed by atoms with Gasteiger partial charge in [-0.25, -0.2) is 4.79 Å². The van der Waals surface area contributed by atoms with Gasteiger partial charge in [0.1, 0.15) is 6.10 Å². The number of aliphatic hydroxyl groups is 4. The highest BCUT2D eigenvalue weighted by Crippen LogP contribution is 2.71. The lowest BCUT2D eigenvalue weighted by atomic mass is 9.41. The van der Waals surface area contributed by atoms with Crippen LogP contribution in [0.3, 0.4) is 0 Å². The molecule has 1 aromatic heterocycles. The maximum Gasteiger partial charge on any atom is 0.335 e. The van der Waals surface area contributed by atoms with Crippen LogP contribution in [0.15, 0.2) is 27.6 Å². The molecule has 0 saturated heterocycles. The van der Waals surface area contributed by atoms with Gasteiger partial charge in [0, 0.05) is 49.0 Å². The summed E-state index contributed by atoms with van der Waals surface area (Å²) < 4.78 is 10.5. The van der Waals surface area contributed by atoms with Gasteiger partial charge in [0.15, 0.2) is 0 Å². The molecule has 4 aliphatic carbocycles. The van der Waals surface area contributed by atoms with E-state index in [1.807, 2.05) is 13.8 Å². The second kappa shape index (κ2) is 7.63. The third kappa shape index (κ3) is 3.04. The van der Waals surface area contributed by atoms with E-state index in [2.05, 4.69) is 0 Å². The third-order valence-corrected chi connectivity index (χ3v) is 10.5. The van der Waals surface area contributed by atoms with Gasteiger partial charge in [-0.15, -0.1) is 0 Å². The fourth-order valence-electron chi connectivity index (χ4n) is 8.76. The van der Waals surface area contributed by atoms with Crippen molar-refractivity contribution in [2.45, 2.75) is 101 Å². The minimum absolute atomic E-state index is 0.155. The van der Waals surface area contributed by atoms with Crippen LogP contribution < -0.4 is 5.63 Å². The molecule has 4 fully saturated rings. The molecule has 4 N–H and O–H groups in total. The molecule has 0 radical (unpaired) electrons. The first-order chi connectivity index (χ1) is 15.9. The monoisotopic (exact) mass is 476 g/mol. The van der Waals surface area contributed by atoms with Gasteiger partial charge in [0.25, 0.3) is 0 Å². The maximum atomic E-state index is 12.3. The number of carbonyl (C=O) groups is 1. The minimum atomic E-state index is -1.21. The molecule has 0 bridgehead atoms. The molecule has 8 heteroatoms. The zero-order chi connectivity index (χ0) is 24.7. The number of ether oxygens (including phenoxy) is 1. The van der Waals surface area contributed by atoms with Gasteiger partial charge >= 0.3 is 11.6 Å². The first-order valence-electron chi connectivity index (χ1n) is 12.4. The van der Waals surface area contributed by atoms with Crippen molar-refractivity contribution in [3.05, 3.63) is 34.4 Å². The fourth-order valence-corrected chi connectivity index (χ4v) is 8.76. The largest absolute Gasteiger partial charge is 0.462 e. The van der Waals surface area contributed by atoms with Crippen LogP contribution >= 0.6 is 0 Å². The van der Waals surface area contributed by atoms with Gasteiger partial charge in [-0.05, 0) is 49.1 Å². The molecule has 0 aromatic carbocycles. The molecule has 5 rings (SSSR count). The lowest BCUT2D eigenvalue weighted by Crippen LogP contribution is -2.71. The highest BCUT2D eigenvalue weighted by Gasteiger charge is 2.73. The van der Waals surface area contributed by atoms with Crippen molar-refractivity contribution in [1.29, 1.82) is 0 Å². The van der Waals surface area contributed by atoms with Gasteiger partial charge in [-0.2, -0.15) is 0 Å². The Kier molecular flexibility index (Phi) is 5.38. The summed E-state index contributed by atoms with van der Waals surface area (Å²) in [4.78, 5) is 23.0. The molecule has 4 aliphatic rings. The van der Waals surface area contributed by atoms with E-state index in [1.54, 1.807) is 6.07 Å². The molecule has 1 heterocycles. The van der Waals surface area contributed by atoms with E-state index in [0.717, 1.165) is 0 Å². The molecule has 34 heavy (non-hydrogen) atoms. The molecule has 4 saturated carbocycles. The van der Waals surface area contributed by atoms with Gasteiger partial charge in [0.05, 0.1) is 29.7 Å². The average molecular weight is 477 g/mol. The summed E-state index contributed by atoms with van der Waals surface area (Å²) >= 11 is 0. The summed E-state index contributed by atoms with van der Waals surface area (Å²) in [5, 5.41) is 46.6. The van der Waals surface area contributed by atoms with E-state index in [9.17, 15) is 30.0 Å². The predicted molar refractivity (Wildman–Crippen MR) is 121 cm³/mol. The molecular formula is C26H36O8. The summed E-state index contributed by atoms with van der Waals surface area (Å²) in [5.41, 5.74) is -3.70. The number of rotatable bonds is 2. The van der Waals surface area contributed by atoms with Gasteiger partial charge < -0.3 is 29.6 Å². The summed E-state index contributed by atoms with van der Waals surface area (Å²) in [5.74, 6) is -1.19. The maximum absolute atomic E-state index is 12.3. The van der Waals surface area contributed by atoms with Crippen molar-refractivity contribution in [1.82, 2.24) is 0 Å². The number of hydrogen-bond donors (Lipinski definition) is 4. The quantitative estimate of drug-likeness (QED) is 0.475. The summed E-state index contributed by atoms with van der Waals surface area (Å²) in [6.07, 6.45) is 2.07. The third-order valence-electron chi connectivity index (χ3n) is 10.5. The van der Waals surface area contributed by atoms with E-state index < -0.39 is 51.9 Å². The Labute approximate surface area is 198 Å². The van der Waals surface area contributed by atoms with E-state index in [1.165, 1.54) is 19.3 Å². The number of esters is 1. The van der Waals surface area contributed by atoms with Crippen LogP contribution in [0.5, 0.6) is 0 Å². The molecular weight excluding hydrogens is 440 g/mol. The van der Waals surface area contributed by atoms with Crippen LogP contribution in [0.25, 0.3) is 0 Å². The Morgan fingerprint density at radius 2 is 1.79 bits per heavy atom. The molecule has 0 amide bonds. The van der Waals surface area contributed by atoms with Crippen LogP contribution in [0.2, 0.25) is 0 Å². The molecule has 10 atom stereocenters. The summed E-state index contributed by atoms with van der Waals surface area (Å²) in [7, 11) is 0. The van der Waals surface area contributed by atoms with Crippen LogP contribution in [0, 0.1) is 22.7 Å². The molecule has 0 spiro atoms. The molecule has 8 nitrogen and oxygen atoms in total. The van der Waals surface area contributed by atoms with E-state index >= 15 is 0 Å². The van der Waals surface area contributed by atoms with E-state index in [4.69, 9.17) is 9.15 Å². The van der Waals surface area contributed by atoms with E-state index in [0.29, 0.717) is 31.2 Å². The molecule has 0 aliphatic heterocycles. The lowest BCUT2D eigenvalue weighted by molar-refractivity contribution is -0.282. The summed E-state index contributed by atoms with van der Waals surface area (Å²) in [6, 6.07) is 3.01. The average Bonchev–Trinajstić information content (AvgIpc) is 2.95. The first kappa shape index (κ1) is 24.0. The van der Waals surface area contributed by atoms with Crippen molar-refractivity contribution in [3.63, 3.8) is 0 Å². The predicted octanol–water partition coefficient (Wildman–Crippen LogP) is 1.87. The Morgan fingerprint density at radius 1 is 1.09 bits per heavy atom.